The Balaban J connectivity index is 0.00000338. The molecule has 0 heterocycles. The minimum atomic E-state index is 0. The van der Waals surface area contributed by atoms with Crippen LogP contribution in [0.15, 0.2) is 53.5 Å². The van der Waals surface area contributed by atoms with Crippen molar-refractivity contribution in [3.63, 3.8) is 0 Å². The highest BCUT2D eigenvalue weighted by atomic mass is 127. The van der Waals surface area contributed by atoms with Gasteiger partial charge in [0.15, 0.2) is 5.96 Å². The molecule has 0 amide bonds. The van der Waals surface area contributed by atoms with E-state index in [1.807, 2.05) is 0 Å². The highest BCUT2D eigenvalue weighted by Crippen LogP contribution is 2.10. The maximum Gasteiger partial charge on any atom is 0.191 e. The maximum absolute atomic E-state index is 5.69. The van der Waals surface area contributed by atoms with Crippen LogP contribution in [0.1, 0.15) is 35.6 Å². The van der Waals surface area contributed by atoms with Crippen molar-refractivity contribution in [2.45, 2.75) is 40.0 Å². The van der Waals surface area contributed by atoms with Gasteiger partial charge in [0.05, 0.1) is 6.61 Å². The molecule has 2 rings (SSSR count). The van der Waals surface area contributed by atoms with Crippen LogP contribution in [0.2, 0.25) is 0 Å². The fourth-order valence-corrected chi connectivity index (χ4v) is 2.60. The Bertz CT molecular complexity index is 688. The van der Waals surface area contributed by atoms with E-state index >= 15 is 0 Å². The average molecular weight is 467 g/mol. The van der Waals surface area contributed by atoms with Gasteiger partial charge >= 0.3 is 0 Å². The van der Waals surface area contributed by atoms with Crippen molar-refractivity contribution in [2.75, 3.05) is 13.7 Å². The number of hydrogen-bond acceptors (Lipinski definition) is 2. The van der Waals surface area contributed by atoms with E-state index in [0.717, 1.165) is 32.1 Å². The summed E-state index contributed by atoms with van der Waals surface area (Å²) >= 11 is 0. The molecule has 0 saturated carbocycles. The van der Waals surface area contributed by atoms with Gasteiger partial charge < -0.3 is 15.4 Å². The Morgan fingerprint density at radius 2 is 1.73 bits per heavy atom. The number of aryl methyl sites for hydroxylation is 1. The standard InChI is InChI=1S/C21H29N3O.HI/c1-4-12-25-16-20-11-6-5-10-19(20)15-24-21(22-3)23-14-18-9-7-8-17(2)13-18;/h5-11,13H,4,12,14-16H2,1-3H3,(H2,22,23,24);1H. The Morgan fingerprint density at radius 3 is 2.42 bits per heavy atom. The van der Waals surface area contributed by atoms with Crippen molar-refractivity contribution in [3.8, 4) is 0 Å². The lowest BCUT2D eigenvalue weighted by atomic mass is 10.1. The van der Waals surface area contributed by atoms with E-state index in [-0.39, 0.29) is 24.0 Å². The molecule has 0 spiro atoms. The molecule has 0 aromatic heterocycles. The van der Waals surface area contributed by atoms with Gasteiger partial charge in [0.1, 0.15) is 0 Å². The fraction of sp³-hybridized carbons (Fsp3) is 0.381. The lowest BCUT2D eigenvalue weighted by Gasteiger charge is -2.14. The third-order valence-corrected chi connectivity index (χ3v) is 3.94. The van der Waals surface area contributed by atoms with Crippen molar-refractivity contribution in [1.82, 2.24) is 10.6 Å². The number of ether oxygens (including phenoxy) is 1. The topological polar surface area (TPSA) is 45.6 Å². The van der Waals surface area contributed by atoms with Gasteiger partial charge in [0.25, 0.3) is 0 Å². The summed E-state index contributed by atoms with van der Waals surface area (Å²) in [5, 5.41) is 6.75. The molecule has 2 N–H and O–H groups in total. The number of aliphatic imine (C=N–C) groups is 1. The SMILES string of the molecule is CCCOCc1ccccc1CNC(=NC)NCc1cccc(C)c1.I. The van der Waals surface area contributed by atoms with Crippen molar-refractivity contribution < 1.29 is 4.74 Å². The highest BCUT2D eigenvalue weighted by molar-refractivity contribution is 14.0. The Morgan fingerprint density at radius 1 is 1.00 bits per heavy atom. The predicted molar refractivity (Wildman–Crippen MR) is 120 cm³/mol. The first-order valence-electron chi connectivity index (χ1n) is 8.87. The number of nitrogens with one attached hydrogen (secondary N) is 2. The van der Waals surface area contributed by atoms with E-state index in [2.05, 4.69) is 78.0 Å². The number of guanidine groups is 1. The maximum atomic E-state index is 5.69. The molecule has 142 valence electrons. The molecule has 26 heavy (non-hydrogen) atoms. The summed E-state index contributed by atoms with van der Waals surface area (Å²) in [7, 11) is 1.79. The molecule has 2 aromatic rings. The van der Waals surface area contributed by atoms with Crippen LogP contribution in [-0.2, 0) is 24.4 Å². The predicted octanol–water partition coefficient (Wildman–Crippen LogP) is 4.40. The monoisotopic (exact) mass is 467 g/mol. The number of halogens is 1. The molecule has 0 aliphatic rings. The molecule has 0 fully saturated rings. The zero-order chi connectivity index (χ0) is 17.9. The molecule has 5 heteroatoms. The molecule has 0 unspecified atom stereocenters. The third-order valence-electron chi connectivity index (χ3n) is 3.94. The summed E-state index contributed by atoms with van der Waals surface area (Å²) in [6, 6.07) is 16.8. The van der Waals surface area contributed by atoms with Crippen molar-refractivity contribution >= 4 is 29.9 Å². The highest BCUT2D eigenvalue weighted by Gasteiger charge is 2.04. The number of benzene rings is 2. The second kappa shape index (κ2) is 12.7. The largest absolute Gasteiger partial charge is 0.377 e. The first-order chi connectivity index (χ1) is 12.2. The summed E-state index contributed by atoms with van der Waals surface area (Å²) in [6.07, 6.45) is 1.04. The van der Waals surface area contributed by atoms with Crippen LogP contribution in [0, 0.1) is 6.92 Å². The summed E-state index contributed by atoms with van der Waals surface area (Å²) in [5.41, 5.74) is 4.97. The summed E-state index contributed by atoms with van der Waals surface area (Å²) in [5.74, 6) is 0.797. The second-order valence-corrected chi connectivity index (χ2v) is 6.09. The van der Waals surface area contributed by atoms with E-state index in [1.54, 1.807) is 7.05 Å². The molecule has 2 aromatic carbocycles. The fourth-order valence-electron chi connectivity index (χ4n) is 2.60. The number of nitrogens with zero attached hydrogens (tertiary/aromatic N) is 1. The van der Waals surface area contributed by atoms with Gasteiger partial charge in [0.2, 0.25) is 0 Å². The smallest absolute Gasteiger partial charge is 0.191 e. The average Bonchev–Trinajstić information content (AvgIpc) is 2.63. The first kappa shape index (κ1) is 22.4. The minimum absolute atomic E-state index is 0. The van der Waals surface area contributed by atoms with Crippen molar-refractivity contribution in [3.05, 3.63) is 70.8 Å². The van der Waals surface area contributed by atoms with Crippen molar-refractivity contribution in [1.29, 1.82) is 0 Å². The van der Waals surface area contributed by atoms with Crippen LogP contribution in [0.25, 0.3) is 0 Å². The van der Waals surface area contributed by atoms with E-state index in [9.17, 15) is 0 Å². The minimum Gasteiger partial charge on any atom is -0.377 e. The summed E-state index contributed by atoms with van der Waals surface area (Å²) in [4.78, 5) is 4.31. The van der Waals surface area contributed by atoms with Gasteiger partial charge in [-0.2, -0.15) is 0 Å². The molecule has 0 saturated heterocycles. The molecule has 4 nitrogen and oxygen atoms in total. The van der Waals surface area contributed by atoms with Crippen molar-refractivity contribution in [2.24, 2.45) is 4.99 Å². The van der Waals surface area contributed by atoms with Crippen LogP contribution >= 0.6 is 24.0 Å². The van der Waals surface area contributed by atoms with Gasteiger partial charge in [-0.25, -0.2) is 0 Å². The summed E-state index contributed by atoms with van der Waals surface area (Å²) in [6.45, 7) is 7.15. The lowest BCUT2D eigenvalue weighted by Crippen LogP contribution is -2.36. The number of rotatable bonds is 8. The van der Waals surface area contributed by atoms with Gasteiger partial charge in [-0.3, -0.25) is 4.99 Å². The van der Waals surface area contributed by atoms with Crippen LogP contribution < -0.4 is 10.6 Å². The molecule has 0 radical (unpaired) electrons. The van der Waals surface area contributed by atoms with E-state index in [1.165, 1.54) is 22.3 Å². The Kier molecular flexibility index (Phi) is 11.0. The third kappa shape index (κ3) is 7.74. The first-order valence-corrected chi connectivity index (χ1v) is 8.87. The zero-order valence-electron chi connectivity index (χ0n) is 15.9. The molecule has 0 atom stereocenters. The summed E-state index contributed by atoms with van der Waals surface area (Å²) < 4.78 is 5.69. The van der Waals surface area contributed by atoms with E-state index in [4.69, 9.17) is 4.74 Å². The van der Waals surface area contributed by atoms with Crippen LogP contribution in [0.3, 0.4) is 0 Å². The zero-order valence-corrected chi connectivity index (χ0v) is 18.2. The van der Waals surface area contributed by atoms with Crippen LogP contribution in [0.4, 0.5) is 0 Å². The quantitative estimate of drug-likeness (QED) is 0.262. The molecule has 0 aliphatic carbocycles. The van der Waals surface area contributed by atoms with Gasteiger partial charge in [-0.05, 0) is 30.0 Å². The van der Waals surface area contributed by atoms with Gasteiger partial charge in [-0.15, -0.1) is 24.0 Å². The van der Waals surface area contributed by atoms with Gasteiger partial charge in [0, 0.05) is 26.7 Å². The van der Waals surface area contributed by atoms with Crippen LogP contribution in [-0.4, -0.2) is 19.6 Å². The number of hydrogen-bond donors (Lipinski definition) is 2. The molecule has 0 bridgehead atoms. The molecule has 0 aliphatic heterocycles. The molecular formula is C21H30IN3O. The van der Waals surface area contributed by atoms with E-state index in [0.29, 0.717) is 6.61 Å². The van der Waals surface area contributed by atoms with E-state index < -0.39 is 0 Å². The normalized spacial score (nSPS) is 11.0. The molecular weight excluding hydrogens is 437 g/mol. The lowest BCUT2D eigenvalue weighted by molar-refractivity contribution is 0.121. The Hall–Kier alpha value is -1.60. The van der Waals surface area contributed by atoms with Gasteiger partial charge in [-0.1, -0.05) is 61.0 Å². The second-order valence-electron chi connectivity index (χ2n) is 6.09. The Labute approximate surface area is 174 Å². The van der Waals surface area contributed by atoms with Crippen LogP contribution in [0.5, 0.6) is 0 Å².